The van der Waals surface area contributed by atoms with Crippen LogP contribution in [-0.2, 0) is 19.4 Å². The lowest BCUT2D eigenvalue weighted by Gasteiger charge is -2.21. The summed E-state index contributed by atoms with van der Waals surface area (Å²) in [4.78, 5) is 8.59. The van der Waals surface area contributed by atoms with E-state index in [9.17, 15) is 5.11 Å². The fourth-order valence-corrected chi connectivity index (χ4v) is 3.31. The smallest absolute Gasteiger partial charge is 0.148 e. The maximum absolute atomic E-state index is 9.40. The highest BCUT2D eigenvalue weighted by molar-refractivity contribution is 6.36. The quantitative estimate of drug-likeness (QED) is 0.557. The summed E-state index contributed by atoms with van der Waals surface area (Å²) in [6.45, 7) is -0.0557. The molecule has 7 nitrogen and oxygen atoms in total. The number of fused-ring (bicyclic) bond motifs is 2. The molecule has 3 aromatic heterocycles. The standard InChI is InChI=1S/C14H15BN6O/c15-12-11-13(16)17-3-4-21(11)14(18-12)7-1-2-9-8(5-7)10(6-22)20-19-9/h3-4,7,22H,1-2,5-6H2,(H2,16,17)(H,19,20). The second-order valence-electron chi connectivity index (χ2n) is 5.61. The van der Waals surface area contributed by atoms with Gasteiger partial charge in [0.1, 0.15) is 19.5 Å². The molecule has 4 N–H and O–H groups in total. The van der Waals surface area contributed by atoms with E-state index in [0.717, 1.165) is 42.0 Å². The Labute approximate surface area is 128 Å². The molecule has 3 aromatic rings. The Kier molecular flexibility index (Phi) is 2.93. The molecule has 2 radical (unpaired) electrons. The van der Waals surface area contributed by atoms with Crippen LogP contribution in [0.2, 0.25) is 0 Å². The van der Waals surface area contributed by atoms with Crippen LogP contribution in [0.5, 0.6) is 0 Å². The number of aliphatic hydroxyl groups excluding tert-OH is 1. The number of rotatable bonds is 2. The first kappa shape index (κ1) is 13.3. The van der Waals surface area contributed by atoms with Crippen LogP contribution in [0.4, 0.5) is 5.82 Å². The number of nitrogen functional groups attached to an aromatic ring is 1. The van der Waals surface area contributed by atoms with E-state index in [-0.39, 0.29) is 12.5 Å². The first-order chi connectivity index (χ1) is 10.7. The van der Waals surface area contributed by atoms with Gasteiger partial charge in [0, 0.05) is 29.6 Å². The average molecular weight is 294 g/mol. The van der Waals surface area contributed by atoms with Crippen molar-refractivity contribution >= 4 is 24.8 Å². The minimum absolute atomic E-state index is 0.0557. The van der Waals surface area contributed by atoms with Gasteiger partial charge in [0.2, 0.25) is 0 Å². The van der Waals surface area contributed by atoms with E-state index in [4.69, 9.17) is 13.6 Å². The summed E-state index contributed by atoms with van der Waals surface area (Å²) in [6.07, 6.45) is 6.09. The molecule has 8 heteroatoms. The summed E-state index contributed by atoms with van der Waals surface area (Å²) < 4.78 is 1.92. The van der Waals surface area contributed by atoms with Gasteiger partial charge in [-0.3, -0.25) is 9.50 Å². The first-order valence-electron chi connectivity index (χ1n) is 7.22. The fourth-order valence-electron chi connectivity index (χ4n) is 3.31. The fraction of sp³-hybridized carbons (Fsp3) is 0.357. The zero-order valence-electron chi connectivity index (χ0n) is 12.0. The number of nitrogens with zero attached hydrogens (tertiary/aromatic N) is 4. The van der Waals surface area contributed by atoms with E-state index in [0.29, 0.717) is 16.9 Å². The van der Waals surface area contributed by atoms with Crippen LogP contribution in [0.1, 0.15) is 35.1 Å². The number of aromatic amines is 1. The average Bonchev–Trinajstić information content (AvgIpc) is 3.08. The maximum Gasteiger partial charge on any atom is 0.148 e. The molecular formula is C14H15BN6O. The molecule has 0 amide bonds. The van der Waals surface area contributed by atoms with Crippen molar-refractivity contribution in [3.63, 3.8) is 0 Å². The Hall–Kier alpha value is -2.35. The Morgan fingerprint density at radius 1 is 1.50 bits per heavy atom. The number of H-pyrrole nitrogens is 1. The van der Waals surface area contributed by atoms with Crippen molar-refractivity contribution in [1.82, 2.24) is 24.6 Å². The molecule has 0 fully saturated rings. The molecule has 3 heterocycles. The summed E-state index contributed by atoms with van der Waals surface area (Å²) in [5.74, 6) is 1.48. The highest BCUT2D eigenvalue weighted by Gasteiger charge is 2.28. The van der Waals surface area contributed by atoms with Crippen LogP contribution in [0.25, 0.3) is 5.52 Å². The number of aromatic nitrogens is 5. The third-order valence-corrected chi connectivity index (χ3v) is 4.38. The van der Waals surface area contributed by atoms with Gasteiger partial charge in [0.25, 0.3) is 0 Å². The Bertz CT molecular complexity index is 841. The van der Waals surface area contributed by atoms with Crippen molar-refractivity contribution in [2.24, 2.45) is 0 Å². The second-order valence-corrected chi connectivity index (χ2v) is 5.61. The number of aryl methyl sites for hydroxylation is 1. The van der Waals surface area contributed by atoms with E-state index in [1.54, 1.807) is 6.20 Å². The molecule has 110 valence electrons. The Morgan fingerprint density at radius 2 is 2.36 bits per heavy atom. The molecule has 22 heavy (non-hydrogen) atoms. The number of imidazole rings is 1. The summed E-state index contributed by atoms with van der Waals surface area (Å²) in [5.41, 5.74) is 9.89. The van der Waals surface area contributed by atoms with Crippen molar-refractivity contribution in [3.8, 4) is 0 Å². The van der Waals surface area contributed by atoms with Gasteiger partial charge in [-0.1, -0.05) is 0 Å². The van der Waals surface area contributed by atoms with Gasteiger partial charge in [0.05, 0.1) is 17.8 Å². The molecule has 0 bridgehead atoms. The molecule has 1 aliphatic rings. The minimum Gasteiger partial charge on any atom is -0.390 e. The molecule has 1 aliphatic carbocycles. The topological polar surface area (TPSA) is 105 Å². The van der Waals surface area contributed by atoms with Gasteiger partial charge >= 0.3 is 0 Å². The molecular weight excluding hydrogens is 279 g/mol. The van der Waals surface area contributed by atoms with Crippen molar-refractivity contribution in [2.75, 3.05) is 5.73 Å². The van der Waals surface area contributed by atoms with Crippen molar-refractivity contribution in [3.05, 3.63) is 35.2 Å². The number of nitrogens with one attached hydrogen (secondary N) is 1. The zero-order chi connectivity index (χ0) is 15.3. The third kappa shape index (κ3) is 1.84. The Morgan fingerprint density at radius 3 is 3.18 bits per heavy atom. The molecule has 0 saturated carbocycles. The third-order valence-electron chi connectivity index (χ3n) is 4.38. The van der Waals surface area contributed by atoms with Crippen molar-refractivity contribution in [2.45, 2.75) is 31.8 Å². The van der Waals surface area contributed by atoms with E-state index >= 15 is 0 Å². The zero-order valence-corrected chi connectivity index (χ0v) is 12.0. The van der Waals surface area contributed by atoms with E-state index < -0.39 is 0 Å². The molecule has 0 spiro atoms. The van der Waals surface area contributed by atoms with Crippen LogP contribution >= 0.6 is 0 Å². The number of hydrogen-bond donors (Lipinski definition) is 3. The predicted octanol–water partition coefficient (Wildman–Crippen LogP) is -0.407. The van der Waals surface area contributed by atoms with E-state index in [1.165, 1.54) is 0 Å². The largest absolute Gasteiger partial charge is 0.390 e. The van der Waals surface area contributed by atoms with Gasteiger partial charge in [-0.15, -0.1) is 0 Å². The van der Waals surface area contributed by atoms with Gasteiger partial charge in [0.15, 0.2) is 0 Å². The Balaban J connectivity index is 1.79. The van der Waals surface area contributed by atoms with E-state index in [1.807, 2.05) is 10.6 Å². The summed E-state index contributed by atoms with van der Waals surface area (Å²) in [6, 6.07) is 0. The molecule has 4 rings (SSSR count). The highest BCUT2D eigenvalue weighted by atomic mass is 16.3. The lowest BCUT2D eigenvalue weighted by Crippen LogP contribution is -2.16. The van der Waals surface area contributed by atoms with Crippen LogP contribution < -0.4 is 11.3 Å². The van der Waals surface area contributed by atoms with Crippen LogP contribution in [0, 0.1) is 0 Å². The lowest BCUT2D eigenvalue weighted by molar-refractivity contribution is 0.275. The van der Waals surface area contributed by atoms with Gasteiger partial charge < -0.3 is 10.8 Å². The number of anilines is 1. The van der Waals surface area contributed by atoms with Gasteiger partial charge in [-0.2, -0.15) is 5.10 Å². The van der Waals surface area contributed by atoms with Crippen LogP contribution in [-0.4, -0.2) is 37.5 Å². The van der Waals surface area contributed by atoms with Crippen molar-refractivity contribution < 1.29 is 5.11 Å². The number of hydrogen-bond acceptors (Lipinski definition) is 5. The highest BCUT2D eigenvalue weighted by Crippen LogP contribution is 2.33. The molecule has 0 aliphatic heterocycles. The second kappa shape index (κ2) is 4.84. The van der Waals surface area contributed by atoms with Gasteiger partial charge in [-0.05, 0) is 24.8 Å². The monoisotopic (exact) mass is 294 g/mol. The number of nitrogens with two attached hydrogens (primary N) is 1. The molecule has 1 atom stereocenters. The summed E-state index contributed by atoms with van der Waals surface area (Å²) in [7, 11) is 6.00. The molecule has 0 aromatic carbocycles. The number of aliphatic hydroxyl groups is 1. The van der Waals surface area contributed by atoms with Gasteiger partial charge in [-0.25, -0.2) is 9.97 Å². The normalized spacial score (nSPS) is 17.8. The predicted molar refractivity (Wildman–Crippen MR) is 82.1 cm³/mol. The molecule has 1 unspecified atom stereocenters. The lowest BCUT2D eigenvalue weighted by atomic mass is 9.86. The summed E-state index contributed by atoms with van der Waals surface area (Å²) >= 11 is 0. The summed E-state index contributed by atoms with van der Waals surface area (Å²) in [5, 5.41) is 16.6. The van der Waals surface area contributed by atoms with E-state index in [2.05, 4.69) is 20.2 Å². The molecule has 0 saturated heterocycles. The van der Waals surface area contributed by atoms with Crippen LogP contribution in [0.3, 0.4) is 0 Å². The maximum atomic E-state index is 9.40. The first-order valence-corrected chi connectivity index (χ1v) is 7.22. The van der Waals surface area contributed by atoms with Crippen LogP contribution in [0.15, 0.2) is 12.4 Å². The SMILES string of the molecule is [B]c1nc(C2CCc3[nH]nc(CO)c3C2)n2ccnc(N)c12. The minimum atomic E-state index is -0.0557. The van der Waals surface area contributed by atoms with Crippen molar-refractivity contribution in [1.29, 1.82) is 0 Å².